The van der Waals surface area contributed by atoms with Gasteiger partial charge in [-0.1, -0.05) is 0 Å². The molecule has 2 fully saturated rings. The minimum absolute atomic E-state index is 0.0609. The molecule has 24 heavy (non-hydrogen) atoms. The maximum Gasteiger partial charge on any atom is 0.247 e. The summed E-state index contributed by atoms with van der Waals surface area (Å²) in [7, 11) is 1.38. The van der Waals surface area contributed by atoms with Crippen LogP contribution in [0.1, 0.15) is 41.5 Å². The third-order valence-corrected chi connectivity index (χ3v) is 5.12. The first-order chi connectivity index (χ1) is 10.8. The van der Waals surface area contributed by atoms with E-state index in [1.165, 1.54) is 13.2 Å². The van der Waals surface area contributed by atoms with E-state index >= 15 is 0 Å². The number of carbonyl (C=O) groups excluding carboxylic acids is 2. The van der Waals surface area contributed by atoms with E-state index in [0.717, 1.165) is 0 Å². The van der Waals surface area contributed by atoms with Gasteiger partial charge in [0.05, 0.1) is 16.4 Å². The largest absolute Gasteiger partial charge is 0.346 e. The normalized spacial score (nSPS) is 39.7. The Bertz CT molecular complexity index is 645. The molecule has 1 saturated carbocycles. The number of Topliss-reactive ketones (excluding diaryl/α,β-unsaturated/α-hetero) is 2. The molecular formula is C17H24O7. The van der Waals surface area contributed by atoms with Crippen molar-refractivity contribution in [1.82, 2.24) is 0 Å². The van der Waals surface area contributed by atoms with E-state index in [2.05, 4.69) is 0 Å². The predicted molar refractivity (Wildman–Crippen MR) is 81.4 cm³/mol. The molecule has 1 aliphatic carbocycles. The van der Waals surface area contributed by atoms with Crippen molar-refractivity contribution in [3.8, 4) is 0 Å². The molecule has 1 spiro atoms. The van der Waals surface area contributed by atoms with E-state index in [1.54, 1.807) is 41.5 Å². The van der Waals surface area contributed by atoms with Crippen LogP contribution < -0.4 is 0 Å². The Labute approximate surface area is 141 Å². The van der Waals surface area contributed by atoms with Crippen LogP contribution in [0.25, 0.3) is 0 Å². The molecule has 1 saturated heterocycles. The molecule has 134 valence electrons. The molecule has 0 aromatic carbocycles. The summed E-state index contributed by atoms with van der Waals surface area (Å²) in [4.78, 5) is 37.0. The van der Waals surface area contributed by atoms with Crippen molar-refractivity contribution in [2.45, 2.75) is 58.9 Å². The number of hydrogen-bond donors (Lipinski definition) is 0. The summed E-state index contributed by atoms with van der Waals surface area (Å²) in [5.41, 5.74) is -2.12. The molecule has 0 N–H and O–H groups in total. The smallest absolute Gasteiger partial charge is 0.247 e. The second-order valence-corrected chi connectivity index (χ2v) is 8.06. The van der Waals surface area contributed by atoms with E-state index in [-0.39, 0.29) is 23.7 Å². The molecule has 3 aliphatic rings. The summed E-state index contributed by atoms with van der Waals surface area (Å²) in [5.74, 6) is -4.50. The van der Waals surface area contributed by atoms with Gasteiger partial charge in [-0.15, -0.1) is 0 Å². The monoisotopic (exact) mass is 340 g/mol. The summed E-state index contributed by atoms with van der Waals surface area (Å²) < 4.78 is 16.9. The molecule has 2 aliphatic heterocycles. The third kappa shape index (κ3) is 2.02. The lowest BCUT2D eigenvalue weighted by Crippen LogP contribution is -2.67. The second kappa shape index (κ2) is 4.74. The van der Waals surface area contributed by atoms with Crippen LogP contribution in [0.15, 0.2) is 11.6 Å². The van der Waals surface area contributed by atoms with Gasteiger partial charge in [-0.2, -0.15) is 9.78 Å². The minimum Gasteiger partial charge on any atom is -0.346 e. The summed E-state index contributed by atoms with van der Waals surface area (Å²) in [6.45, 7) is 10.1. The Balaban J connectivity index is 2.18. The van der Waals surface area contributed by atoms with Gasteiger partial charge in [0.15, 0.2) is 17.4 Å². The van der Waals surface area contributed by atoms with Crippen molar-refractivity contribution in [2.75, 3.05) is 13.7 Å². The molecule has 3 rings (SSSR count). The zero-order chi connectivity index (χ0) is 18.2. The van der Waals surface area contributed by atoms with Gasteiger partial charge >= 0.3 is 0 Å². The summed E-state index contributed by atoms with van der Waals surface area (Å²) >= 11 is 0. The van der Waals surface area contributed by atoms with Gasteiger partial charge in [-0.25, -0.2) is 0 Å². The Morgan fingerprint density at radius 2 is 1.67 bits per heavy atom. The van der Waals surface area contributed by atoms with Gasteiger partial charge < -0.3 is 14.2 Å². The van der Waals surface area contributed by atoms with Crippen molar-refractivity contribution in [2.24, 2.45) is 10.8 Å². The van der Waals surface area contributed by atoms with E-state index in [1.807, 2.05) is 0 Å². The van der Waals surface area contributed by atoms with Crippen LogP contribution in [0.2, 0.25) is 0 Å². The van der Waals surface area contributed by atoms with Crippen LogP contribution in [-0.2, 0) is 33.6 Å². The topological polar surface area (TPSA) is 80.3 Å². The Morgan fingerprint density at radius 1 is 1.04 bits per heavy atom. The average Bonchev–Trinajstić information content (AvgIpc) is 2.79. The molecule has 0 bridgehead atoms. The lowest BCUT2D eigenvalue weighted by atomic mass is 9.57. The number of hydrogen-bond acceptors (Lipinski definition) is 7. The number of ketones is 2. The van der Waals surface area contributed by atoms with Crippen LogP contribution in [0.5, 0.6) is 0 Å². The first-order valence-corrected chi connectivity index (χ1v) is 7.93. The van der Waals surface area contributed by atoms with E-state index < -0.39 is 28.2 Å². The maximum absolute atomic E-state index is 13.0. The van der Waals surface area contributed by atoms with Crippen molar-refractivity contribution in [1.29, 1.82) is 0 Å². The lowest BCUT2D eigenvalue weighted by molar-refractivity contribution is -0.502. The predicted octanol–water partition coefficient (Wildman–Crippen LogP) is 1.90. The highest BCUT2D eigenvalue weighted by molar-refractivity contribution is 6.19. The van der Waals surface area contributed by atoms with Gasteiger partial charge in [0, 0.05) is 7.11 Å². The van der Waals surface area contributed by atoms with Crippen LogP contribution in [0, 0.1) is 10.8 Å². The highest BCUT2D eigenvalue weighted by Crippen LogP contribution is 2.55. The van der Waals surface area contributed by atoms with E-state index in [9.17, 15) is 9.59 Å². The molecule has 0 radical (unpaired) electrons. The van der Waals surface area contributed by atoms with Crippen LogP contribution in [0.4, 0.5) is 0 Å². The first-order valence-electron chi connectivity index (χ1n) is 7.93. The number of rotatable bonds is 1. The Morgan fingerprint density at radius 3 is 2.17 bits per heavy atom. The Kier molecular flexibility index (Phi) is 3.49. The quantitative estimate of drug-likeness (QED) is 0.533. The first kappa shape index (κ1) is 17.7. The van der Waals surface area contributed by atoms with Gasteiger partial charge in [-0.3, -0.25) is 9.59 Å². The molecule has 2 atom stereocenters. The molecule has 7 heteroatoms. The fourth-order valence-electron chi connectivity index (χ4n) is 3.80. The standard InChI is InChI=1S/C17H24O7/c1-13(2)11(18)10-8-16(9-21-15(5,6)22-16)23-24-17(10,20-7)14(3,4)12(13)19/h8H,9H2,1-7H3/t16-,17-/m0/s1. The van der Waals surface area contributed by atoms with Gasteiger partial charge in [0.25, 0.3) is 0 Å². The van der Waals surface area contributed by atoms with Crippen molar-refractivity contribution in [3.05, 3.63) is 11.6 Å². The maximum atomic E-state index is 13.0. The van der Waals surface area contributed by atoms with Crippen molar-refractivity contribution in [3.63, 3.8) is 0 Å². The van der Waals surface area contributed by atoms with Gasteiger partial charge in [-0.05, 0) is 47.6 Å². The molecule has 0 unspecified atom stereocenters. The van der Waals surface area contributed by atoms with Crippen molar-refractivity contribution >= 4 is 11.6 Å². The zero-order valence-corrected chi connectivity index (χ0v) is 15.1. The highest BCUT2D eigenvalue weighted by Gasteiger charge is 2.70. The van der Waals surface area contributed by atoms with Gasteiger partial charge in [0.2, 0.25) is 11.6 Å². The molecule has 0 aromatic rings. The SMILES string of the molecule is CO[C@]12OO[C@@]3(C=C1C(=O)C(C)(C)C(=O)C2(C)C)COC(C)(C)O3. The zero-order valence-electron chi connectivity index (χ0n) is 15.1. The third-order valence-electron chi connectivity index (χ3n) is 5.12. The van der Waals surface area contributed by atoms with Crippen LogP contribution >= 0.6 is 0 Å². The van der Waals surface area contributed by atoms with Crippen molar-refractivity contribution < 1.29 is 33.6 Å². The summed E-state index contributed by atoms with van der Waals surface area (Å²) in [6.07, 6.45) is 1.53. The van der Waals surface area contributed by atoms with Crippen LogP contribution in [0.3, 0.4) is 0 Å². The fourth-order valence-corrected chi connectivity index (χ4v) is 3.80. The minimum atomic E-state index is -1.63. The molecule has 0 aromatic heterocycles. The fraction of sp³-hybridized carbons (Fsp3) is 0.765. The van der Waals surface area contributed by atoms with Crippen LogP contribution in [-0.4, -0.2) is 42.6 Å². The number of carbonyl (C=O) groups is 2. The lowest BCUT2D eigenvalue weighted by Gasteiger charge is -2.53. The van der Waals surface area contributed by atoms with E-state index in [4.69, 9.17) is 24.0 Å². The van der Waals surface area contributed by atoms with E-state index in [0.29, 0.717) is 0 Å². The second-order valence-electron chi connectivity index (χ2n) is 8.06. The molecular weight excluding hydrogens is 316 g/mol. The average molecular weight is 340 g/mol. The summed E-state index contributed by atoms with van der Waals surface area (Å²) in [5, 5.41) is 0. The number of methoxy groups -OCH3 is 1. The molecule has 0 amide bonds. The molecule has 7 nitrogen and oxygen atoms in total. The highest BCUT2D eigenvalue weighted by atomic mass is 17.3. The Hall–Kier alpha value is -1.12. The summed E-state index contributed by atoms with van der Waals surface area (Å²) in [6, 6.07) is 0. The molecule has 2 heterocycles. The number of ether oxygens (including phenoxy) is 3. The number of fused-ring (bicyclic) bond motifs is 1. The van der Waals surface area contributed by atoms with Gasteiger partial charge in [0.1, 0.15) is 6.61 Å².